The van der Waals surface area contributed by atoms with Crippen molar-refractivity contribution in [1.29, 1.82) is 0 Å². The van der Waals surface area contributed by atoms with Crippen LogP contribution in [0.5, 0.6) is 11.5 Å². The quantitative estimate of drug-likeness (QED) is 0.839. The zero-order chi connectivity index (χ0) is 12.8. The van der Waals surface area contributed by atoms with Gasteiger partial charge in [-0.1, -0.05) is 12.1 Å². The molecule has 100 valence electrons. The fourth-order valence-corrected chi connectivity index (χ4v) is 2.17. The SMILES string of the molecule is CNCc1cccc(OC)c1OCC1CCCO1. The van der Waals surface area contributed by atoms with E-state index in [0.717, 1.165) is 43.1 Å². The van der Waals surface area contributed by atoms with Crippen LogP contribution in [-0.4, -0.2) is 33.5 Å². The van der Waals surface area contributed by atoms with E-state index < -0.39 is 0 Å². The van der Waals surface area contributed by atoms with Crippen molar-refractivity contribution in [2.45, 2.75) is 25.5 Å². The molecule has 1 aliphatic heterocycles. The molecule has 4 heteroatoms. The Morgan fingerprint density at radius 3 is 3.00 bits per heavy atom. The van der Waals surface area contributed by atoms with Crippen LogP contribution in [0.4, 0.5) is 0 Å². The summed E-state index contributed by atoms with van der Waals surface area (Å²) < 4.78 is 16.8. The maximum Gasteiger partial charge on any atom is 0.165 e. The molecule has 18 heavy (non-hydrogen) atoms. The van der Waals surface area contributed by atoms with Crippen molar-refractivity contribution in [2.24, 2.45) is 0 Å². The van der Waals surface area contributed by atoms with Crippen molar-refractivity contribution < 1.29 is 14.2 Å². The van der Waals surface area contributed by atoms with Crippen molar-refractivity contribution in [1.82, 2.24) is 5.32 Å². The highest BCUT2D eigenvalue weighted by Crippen LogP contribution is 2.31. The second-order valence-corrected chi connectivity index (χ2v) is 4.42. The number of hydrogen-bond donors (Lipinski definition) is 1. The highest BCUT2D eigenvalue weighted by atomic mass is 16.5. The number of nitrogens with one attached hydrogen (secondary N) is 1. The van der Waals surface area contributed by atoms with Crippen LogP contribution in [-0.2, 0) is 11.3 Å². The third-order valence-corrected chi connectivity index (χ3v) is 3.09. The zero-order valence-electron chi connectivity index (χ0n) is 11.1. The molecule has 4 nitrogen and oxygen atoms in total. The average molecular weight is 251 g/mol. The molecule has 1 aliphatic rings. The van der Waals surface area contributed by atoms with Crippen LogP contribution < -0.4 is 14.8 Å². The van der Waals surface area contributed by atoms with Gasteiger partial charge in [-0.15, -0.1) is 0 Å². The van der Waals surface area contributed by atoms with Gasteiger partial charge in [-0.3, -0.25) is 0 Å². The summed E-state index contributed by atoms with van der Waals surface area (Å²) in [7, 11) is 3.58. The number of methoxy groups -OCH3 is 1. The predicted molar refractivity (Wildman–Crippen MR) is 70.2 cm³/mol. The number of hydrogen-bond acceptors (Lipinski definition) is 4. The van der Waals surface area contributed by atoms with E-state index in [1.54, 1.807) is 7.11 Å². The minimum Gasteiger partial charge on any atom is -0.493 e. The largest absolute Gasteiger partial charge is 0.493 e. The molecular weight excluding hydrogens is 230 g/mol. The first kappa shape index (κ1) is 13.2. The smallest absolute Gasteiger partial charge is 0.165 e. The van der Waals surface area contributed by atoms with E-state index in [4.69, 9.17) is 14.2 Å². The molecule has 0 bridgehead atoms. The molecule has 1 atom stereocenters. The molecule has 0 aromatic heterocycles. The summed E-state index contributed by atoms with van der Waals surface area (Å²) in [4.78, 5) is 0. The Kier molecular flexibility index (Phi) is 4.84. The minimum absolute atomic E-state index is 0.220. The summed E-state index contributed by atoms with van der Waals surface area (Å²) in [5, 5.41) is 3.14. The Bertz CT molecular complexity index is 375. The van der Waals surface area contributed by atoms with Crippen molar-refractivity contribution >= 4 is 0 Å². The van der Waals surface area contributed by atoms with E-state index >= 15 is 0 Å². The number of benzene rings is 1. The predicted octanol–water partition coefficient (Wildman–Crippen LogP) is 1.97. The van der Waals surface area contributed by atoms with E-state index in [0.29, 0.717) is 6.61 Å². The Hall–Kier alpha value is -1.26. The molecule has 0 aliphatic carbocycles. The van der Waals surface area contributed by atoms with Crippen LogP contribution in [0, 0.1) is 0 Å². The molecule has 1 saturated heterocycles. The van der Waals surface area contributed by atoms with Gasteiger partial charge in [0.1, 0.15) is 6.61 Å². The van der Waals surface area contributed by atoms with Gasteiger partial charge in [0.05, 0.1) is 13.2 Å². The van der Waals surface area contributed by atoms with Gasteiger partial charge in [-0.05, 0) is 26.0 Å². The van der Waals surface area contributed by atoms with E-state index in [2.05, 4.69) is 5.32 Å². The highest BCUT2D eigenvalue weighted by molar-refractivity contribution is 5.46. The first-order valence-corrected chi connectivity index (χ1v) is 6.40. The lowest BCUT2D eigenvalue weighted by Crippen LogP contribution is -2.18. The maximum absolute atomic E-state index is 5.91. The molecule has 0 spiro atoms. The topological polar surface area (TPSA) is 39.7 Å². The van der Waals surface area contributed by atoms with Gasteiger partial charge >= 0.3 is 0 Å². The van der Waals surface area contributed by atoms with Gasteiger partial charge < -0.3 is 19.5 Å². The molecule has 0 saturated carbocycles. The van der Waals surface area contributed by atoms with Crippen LogP contribution in [0.1, 0.15) is 18.4 Å². The van der Waals surface area contributed by atoms with Gasteiger partial charge in [0, 0.05) is 18.7 Å². The second kappa shape index (κ2) is 6.61. The van der Waals surface area contributed by atoms with Crippen LogP contribution in [0.2, 0.25) is 0 Å². The lowest BCUT2D eigenvalue weighted by molar-refractivity contribution is 0.0666. The zero-order valence-corrected chi connectivity index (χ0v) is 11.1. The summed E-state index contributed by atoms with van der Waals surface area (Å²) >= 11 is 0. The number of para-hydroxylation sites is 1. The van der Waals surface area contributed by atoms with Gasteiger partial charge in [-0.25, -0.2) is 0 Å². The molecule has 0 amide bonds. The number of rotatable bonds is 6. The van der Waals surface area contributed by atoms with Crippen LogP contribution in [0.25, 0.3) is 0 Å². The molecular formula is C14H21NO3. The first-order valence-electron chi connectivity index (χ1n) is 6.40. The normalized spacial score (nSPS) is 18.9. The fraction of sp³-hybridized carbons (Fsp3) is 0.571. The van der Waals surface area contributed by atoms with Crippen LogP contribution >= 0.6 is 0 Å². The first-order chi connectivity index (χ1) is 8.85. The van der Waals surface area contributed by atoms with E-state index in [1.165, 1.54) is 0 Å². The molecule has 1 heterocycles. The molecule has 0 radical (unpaired) electrons. The third-order valence-electron chi connectivity index (χ3n) is 3.09. The van der Waals surface area contributed by atoms with Crippen LogP contribution in [0.15, 0.2) is 18.2 Å². The summed E-state index contributed by atoms with van der Waals surface area (Å²) in [6, 6.07) is 5.94. The summed E-state index contributed by atoms with van der Waals surface area (Å²) in [6.07, 6.45) is 2.43. The molecule has 2 rings (SSSR count). The molecule has 1 aromatic carbocycles. The summed E-state index contributed by atoms with van der Waals surface area (Å²) in [5.41, 5.74) is 1.11. The van der Waals surface area contributed by atoms with Gasteiger partial charge in [0.2, 0.25) is 0 Å². The Balaban J connectivity index is 2.07. The van der Waals surface area contributed by atoms with Gasteiger partial charge in [-0.2, -0.15) is 0 Å². The Morgan fingerprint density at radius 2 is 2.33 bits per heavy atom. The van der Waals surface area contributed by atoms with Gasteiger partial charge in [0.25, 0.3) is 0 Å². The maximum atomic E-state index is 5.91. The summed E-state index contributed by atoms with van der Waals surface area (Å²) in [6.45, 7) is 2.21. The molecule has 1 fully saturated rings. The second-order valence-electron chi connectivity index (χ2n) is 4.42. The summed E-state index contributed by atoms with van der Waals surface area (Å²) in [5.74, 6) is 1.60. The standard InChI is InChI=1S/C14H21NO3/c1-15-9-11-5-3-7-13(16-2)14(11)18-10-12-6-4-8-17-12/h3,5,7,12,15H,4,6,8-10H2,1-2H3. The Labute approximate surface area is 108 Å². The molecule has 1 N–H and O–H groups in total. The van der Waals surface area contributed by atoms with E-state index in [9.17, 15) is 0 Å². The van der Waals surface area contributed by atoms with Gasteiger partial charge in [0.15, 0.2) is 11.5 Å². The fourth-order valence-electron chi connectivity index (χ4n) is 2.17. The van der Waals surface area contributed by atoms with Crippen molar-refractivity contribution in [3.63, 3.8) is 0 Å². The third kappa shape index (κ3) is 3.15. The monoisotopic (exact) mass is 251 g/mol. The van der Waals surface area contributed by atoms with E-state index in [1.807, 2.05) is 25.2 Å². The number of ether oxygens (including phenoxy) is 3. The van der Waals surface area contributed by atoms with Crippen molar-refractivity contribution in [2.75, 3.05) is 27.4 Å². The van der Waals surface area contributed by atoms with E-state index in [-0.39, 0.29) is 6.10 Å². The lowest BCUT2D eigenvalue weighted by Gasteiger charge is -2.17. The average Bonchev–Trinajstić information content (AvgIpc) is 2.90. The van der Waals surface area contributed by atoms with Crippen molar-refractivity contribution in [3.05, 3.63) is 23.8 Å². The van der Waals surface area contributed by atoms with Crippen molar-refractivity contribution in [3.8, 4) is 11.5 Å². The minimum atomic E-state index is 0.220. The van der Waals surface area contributed by atoms with Crippen LogP contribution in [0.3, 0.4) is 0 Å². The molecule has 1 unspecified atom stereocenters. The lowest BCUT2D eigenvalue weighted by atomic mass is 10.2. The highest BCUT2D eigenvalue weighted by Gasteiger charge is 2.18. The molecule has 1 aromatic rings. The Morgan fingerprint density at radius 1 is 1.44 bits per heavy atom.